The molecule has 1 N–H and O–H groups in total. The van der Waals surface area contributed by atoms with Crippen molar-refractivity contribution in [3.05, 3.63) is 0 Å². The van der Waals surface area contributed by atoms with Gasteiger partial charge in [0.05, 0.1) is 17.1 Å². The van der Waals surface area contributed by atoms with Gasteiger partial charge in [0, 0.05) is 0 Å². The lowest BCUT2D eigenvalue weighted by Gasteiger charge is -2.34. The lowest BCUT2D eigenvalue weighted by Crippen LogP contribution is -2.41. The van der Waals surface area contributed by atoms with Crippen molar-refractivity contribution in [2.24, 2.45) is 11.8 Å². The number of rotatable bonds is 4. The van der Waals surface area contributed by atoms with E-state index in [0.29, 0.717) is 30.4 Å². The Morgan fingerprint density at radius 2 is 1.67 bits per heavy atom. The van der Waals surface area contributed by atoms with Gasteiger partial charge in [-0.05, 0) is 50.4 Å². The Kier molecular flexibility index (Phi) is 4.37. The van der Waals surface area contributed by atoms with Crippen molar-refractivity contribution >= 4 is 9.84 Å². The average molecular weight is 274 g/mol. The van der Waals surface area contributed by atoms with Crippen molar-refractivity contribution in [2.45, 2.75) is 63.9 Å². The summed E-state index contributed by atoms with van der Waals surface area (Å²) in [6.07, 6.45) is 7.65. The summed E-state index contributed by atoms with van der Waals surface area (Å²) in [4.78, 5) is 0. The predicted octanol–water partition coefficient (Wildman–Crippen LogP) is 2.53. The van der Waals surface area contributed by atoms with E-state index in [9.17, 15) is 13.5 Å². The minimum atomic E-state index is -3.09. The third-order valence-corrected chi connectivity index (χ3v) is 6.61. The van der Waals surface area contributed by atoms with E-state index < -0.39 is 15.4 Å². The number of aliphatic hydroxyl groups is 1. The Morgan fingerprint density at radius 1 is 1.11 bits per heavy atom. The van der Waals surface area contributed by atoms with Gasteiger partial charge in [-0.1, -0.05) is 19.8 Å². The van der Waals surface area contributed by atoms with E-state index in [2.05, 4.69) is 6.92 Å². The van der Waals surface area contributed by atoms with E-state index in [4.69, 9.17) is 0 Å². The zero-order valence-corrected chi connectivity index (χ0v) is 12.2. The molecular formula is C14H26O3S. The monoisotopic (exact) mass is 274 g/mol. The summed E-state index contributed by atoms with van der Waals surface area (Å²) in [7, 11) is -3.09. The second-order valence-electron chi connectivity index (χ2n) is 6.61. The van der Waals surface area contributed by atoms with Gasteiger partial charge >= 0.3 is 0 Å². The Bertz CT molecular complexity index is 361. The maximum absolute atomic E-state index is 12.2. The van der Waals surface area contributed by atoms with Gasteiger partial charge in [-0.25, -0.2) is 8.42 Å². The van der Waals surface area contributed by atoms with E-state index in [1.165, 1.54) is 12.8 Å². The third kappa shape index (κ3) is 3.95. The van der Waals surface area contributed by atoms with Crippen LogP contribution in [0.3, 0.4) is 0 Å². The van der Waals surface area contributed by atoms with Crippen LogP contribution >= 0.6 is 0 Å². The van der Waals surface area contributed by atoms with Crippen LogP contribution in [-0.4, -0.2) is 30.6 Å². The van der Waals surface area contributed by atoms with Crippen LogP contribution in [0.5, 0.6) is 0 Å². The molecule has 0 aromatic heterocycles. The molecule has 0 spiro atoms. The lowest BCUT2D eigenvalue weighted by molar-refractivity contribution is 0.0135. The summed E-state index contributed by atoms with van der Waals surface area (Å²) in [5, 5.41) is 10.4. The fraction of sp³-hybridized carbons (Fsp3) is 1.00. The van der Waals surface area contributed by atoms with Gasteiger partial charge in [0.15, 0.2) is 9.84 Å². The normalized spacial score (nSPS) is 34.9. The molecule has 2 fully saturated rings. The molecule has 2 rings (SSSR count). The van der Waals surface area contributed by atoms with Gasteiger partial charge in [0.25, 0.3) is 0 Å². The summed E-state index contributed by atoms with van der Waals surface area (Å²) in [5.41, 5.74) is -0.941. The maximum atomic E-state index is 12.2. The van der Waals surface area contributed by atoms with Crippen LogP contribution in [0.4, 0.5) is 0 Å². The van der Waals surface area contributed by atoms with E-state index in [1.54, 1.807) is 0 Å². The van der Waals surface area contributed by atoms with E-state index in [1.807, 2.05) is 0 Å². The molecule has 18 heavy (non-hydrogen) atoms. The first kappa shape index (κ1) is 14.3. The fourth-order valence-electron chi connectivity index (χ4n) is 3.45. The standard InChI is InChI=1S/C14H26O3S/c1-12-6-8-14(15,9-7-12)11-18(16,17)10-13-4-2-3-5-13/h12-13,15H,2-11H2,1H3. The smallest absolute Gasteiger partial charge is 0.153 e. The van der Waals surface area contributed by atoms with Gasteiger partial charge in [0.1, 0.15) is 0 Å². The fourth-order valence-corrected chi connectivity index (χ4v) is 5.73. The maximum Gasteiger partial charge on any atom is 0.153 e. The SMILES string of the molecule is CC1CCC(O)(CS(=O)(=O)CC2CCCC2)CC1. The van der Waals surface area contributed by atoms with Crippen LogP contribution in [0.2, 0.25) is 0 Å². The summed E-state index contributed by atoms with van der Waals surface area (Å²) in [6.45, 7) is 2.17. The Balaban J connectivity index is 1.90. The highest BCUT2D eigenvalue weighted by molar-refractivity contribution is 7.91. The highest BCUT2D eigenvalue weighted by Gasteiger charge is 2.37. The summed E-state index contributed by atoms with van der Waals surface area (Å²) < 4.78 is 24.4. The van der Waals surface area contributed by atoms with Gasteiger partial charge in [-0.15, -0.1) is 0 Å². The molecule has 0 atom stereocenters. The molecule has 0 bridgehead atoms. The minimum absolute atomic E-state index is 0.0107. The van der Waals surface area contributed by atoms with E-state index >= 15 is 0 Å². The van der Waals surface area contributed by atoms with Crippen LogP contribution in [-0.2, 0) is 9.84 Å². The van der Waals surface area contributed by atoms with Crippen LogP contribution in [0.25, 0.3) is 0 Å². The molecule has 0 aromatic rings. The minimum Gasteiger partial charge on any atom is -0.389 e. The molecule has 0 aromatic carbocycles. The van der Waals surface area contributed by atoms with Crippen molar-refractivity contribution in [3.8, 4) is 0 Å². The van der Waals surface area contributed by atoms with Crippen LogP contribution in [0.15, 0.2) is 0 Å². The van der Waals surface area contributed by atoms with Gasteiger partial charge < -0.3 is 5.11 Å². The second kappa shape index (κ2) is 5.49. The van der Waals surface area contributed by atoms with E-state index in [-0.39, 0.29) is 5.75 Å². The highest BCUT2D eigenvalue weighted by atomic mass is 32.2. The first-order valence-electron chi connectivity index (χ1n) is 7.31. The molecule has 4 heteroatoms. The van der Waals surface area contributed by atoms with Crippen LogP contribution < -0.4 is 0 Å². The lowest BCUT2D eigenvalue weighted by atomic mass is 9.81. The molecule has 106 valence electrons. The van der Waals surface area contributed by atoms with Gasteiger partial charge in [0.2, 0.25) is 0 Å². The molecule has 0 aliphatic heterocycles. The molecule has 2 saturated carbocycles. The second-order valence-corrected chi connectivity index (χ2v) is 8.72. The van der Waals surface area contributed by atoms with Crippen LogP contribution in [0, 0.1) is 11.8 Å². The highest BCUT2D eigenvalue weighted by Crippen LogP contribution is 2.34. The predicted molar refractivity (Wildman–Crippen MR) is 73.2 cm³/mol. The van der Waals surface area contributed by atoms with Gasteiger partial charge in [-0.3, -0.25) is 0 Å². The van der Waals surface area contributed by atoms with E-state index in [0.717, 1.165) is 25.7 Å². The van der Waals surface area contributed by atoms with Crippen LogP contribution in [0.1, 0.15) is 58.3 Å². The molecule has 0 unspecified atom stereocenters. The number of hydrogen-bond donors (Lipinski definition) is 1. The van der Waals surface area contributed by atoms with Crippen molar-refractivity contribution in [1.82, 2.24) is 0 Å². The molecule has 0 radical (unpaired) electrons. The van der Waals surface area contributed by atoms with Crippen molar-refractivity contribution in [2.75, 3.05) is 11.5 Å². The van der Waals surface area contributed by atoms with Crippen molar-refractivity contribution in [1.29, 1.82) is 0 Å². The third-order valence-electron chi connectivity index (χ3n) is 4.66. The molecule has 2 aliphatic carbocycles. The van der Waals surface area contributed by atoms with Crippen molar-refractivity contribution in [3.63, 3.8) is 0 Å². The zero-order valence-electron chi connectivity index (χ0n) is 11.4. The zero-order chi connectivity index (χ0) is 13.2. The number of hydrogen-bond acceptors (Lipinski definition) is 3. The first-order chi connectivity index (χ1) is 8.39. The number of sulfone groups is 1. The molecule has 3 nitrogen and oxygen atoms in total. The Hall–Kier alpha value is -0.0900. The average Bonchev–Trinajstić information content (AvgIpc) is 2.74. The summed E-state index contributed by atoms with van der Waals surface area (Å²) in [6, 6.07) is 0. The van der Waals surface area contributed by atoms with Crippen molar-refractivity contribution < 1.29 is 13.5 Å². The summed E-state index contributed by atoms with van der Waals surface area (Å²) >= 11 is 0. The Labute approximate surface area is 111 Å². The molecule has 0 saturated heterocycles. The molecule has 0 heterocycles. The topological polar surface area (TPSA) is 54.4 Å². The summed E-state index contributed by atoms with van der Waals surface area (Å²) in [5.74, 6) is 1.26. The molecular weight excluding hydrogens is 248 g/mol. The Morgan fingerprint density at radius 3 is 2.22 bits per heavy atom. The molecule has 0 amide bonds. The first-order valence-corrected chi connectivity index (χ1v) is 9.13. The quantitative estimate of drug-likeness (QED) is 0.857. The largest absolute Gasteiger partial charge is 0.389 e. The molecule has 2 aliphatic rings. The van der Waals surface area contributed by atoms with Gasteiger partial charge in [-0.2, -0.15) is 0 Å².